The van der Waals surface area contributed by atoms with E-state index in [-0.39, 0.29) is 17.2 Å². The van der Waals surface area contributed by atoms with Crippen molar-refractivity contribution in [1.29, 1.82) is 0 Å². The first kappa shape index (κ1) is 20.3. The van der Waals surface area contributed by atoms with Crippen LogP contribution in [0.1, 0.15) is 38.3 Å². The van der Waals surface area contributed by atoms with Crippen molar-refractivity contribution in [3.8, 4) is 0 Å². The lowest BCUT2D eigenvalue weighted by atomic mass is 9.78. The Morgan fingerprint density at radius 2 is 1.93 bits per heavy atom. The van der Waals surface area contributed by atoms with Gasteiger partial charge in [0, 0.05) is 21.5 Å². The Kier molecular flexibility index (Phi) is 5.19. The second kappa shape index (κ2) is 7.40. The van der Waals surface area contributed by atoms with E-state index >= 15 is 0 Å². The Labute approximate surface area is 185 Å². The van der Waals surface area contributed by atoms with Gasteiger partial charge in [0.25, 0.3) is 0 Å². The molecule has 2 aromatic carbocycles. The van der Waals surface area contributed by atoms with Crippen LogP contribution >= 0.6 is 22.6 Å². The minimum Gasteiger partial charge on any atom is -0.325 e. The van der Waals surface area contributed by atoms with Gasteiger partial charge in [-0.05, 0) is 82.3 Å². The average molecular weight is 503 g/mol. The van der Waals surface area contributed by atoms with Crippen LogP contribution in [-0.4, -0.2) is 24.4 Å². The van der Waals surface area contributed by atoms with E-state index in [4.69, 9.17) is 0 Å². The maximum atomic E-state index is 12.9. The summed E-state index contributed by atoms with van der Waals surface area (Å²) in [5.41, 5.74) is 3.36. The zero-order valence-corrected chi connectivity index (χ0v) is 19.1. The van der Waals surface area contributed by atoms with Crippen LogP contribution in [0.3, 0.4) is 0 Å². The maximum Gasteiger partial charge on any atom is 0.241 e. The minimum atomic E-state index is -0.683. The van der Waals surface area contributed by atoms with Gasteiger partial charge in [-0.25, -0.2) is 0 Å². The number of carbonyl (C=O) groups excluding carboxylic acids is 2. The fourth-order valence-corrected chi connectivity index (χ4v) is 4.66. The summed E-state index contributed by atoms with van der Waals surface area (Å²) >= 11 is 2.23. The number of fused-ring (bicyclic) bond motifs is 2. The van der Waals surface area contributed by atoms with Crippen LogP contribution in [0.2, 0.25) is 0 Å². The molecule has 2 aliphatic rings. The second-order valence-corrected chi connectivity index (χ2v) is 10.5. The van der Waals surface area contributed by atoms with E-state index in [1.807, 2.05) is 30.3 Å². The van der Waals surface area contributed by atoms with Gasteiger partial charge in [0.2, 0.25) is 11.8 Å². The number of rotatable bonds is 3. The summed E-state index contributed by atoms with van der Waals surface area (Å²) in [6.45, 7) is 7.10. The third-order valence-corrected chi connectivity index (χ3v) is 6.37. The summed E-state index contributed by atoms with van der Waals surface area (Å²) in [5, 5.41) is 9.27. The van der Waals surface area contributed by atoms with Gasteiger partial charge in [0.15, 0.2) is 0 Å². The molecule has 2 aliphatic heterocycles. The first-order chi connectivity index (χ1) is 13.7. The van der Waals surface area contributed by atoms with Crippen molar-refractivity contribution in [3.63, 3.8) is 0 Å². The Morgan fingerprint density at radius 1 is 1.21 bits per heavy atom. The second-order valence-electron chi connectivity index (χ2n) is 9.29. The molecule has 1 fully saturated rings. The Bertz CT molecular complexity index is 965. The first-order valence-corrected chi connectivity index (χ1v) is 11.0. The molecule has 4 rings (SSSR count). The number of hydrogen-bond donors (Lipinski definition) is 3. The van der Waals surface area contributed by atoms with Gasteiger partial charge >= 0.3 is 0 Å². The standard InChI is InChI=1S/C23H26IN3O2/c1-22(2,3)11-14-4-9-18-17(10-14)23(21(29)27-18)12-19(25-13-23)20(28)26-16-7-5-15(24)6-8-16/h4-10,19,25H,11-13H2,1-3H3,(H,26,28)(H,27,29). The van der Waals surface area contributed by atoms with E-state index in [1.54, 1.807) is 0 Å². The summed E-state index contributed by atoms with van der Waals surface area (Å²) in [5.74, 6) is -0.118. The molecule has 3 N–H and O–H groups in total. The highest BCUT2D eigenvalue weighted by atomic mass is 127. The number of anilines is 2. The van der Waals surface area contributed by atoms with Gasteiger partial charge in [-0.1, -0.05) is 32.9 Å². The van der Waals surface area contributed by atoms with Crippen LogP contribution in [0.25, 0.3) is 0 Å². The Morgan fingerprint density at radius 3 is 2.62 bits per heavy atom. The monoisotopic (exact) mass is 503 g/mol. The molecule has 0 bridgehead atoms. The van der Waals surface area contributed by atoms with Crippen molar-refractivity contribution in [1.82, 2.24) is 5.32 Å². The Hall–Kier alpha value is -1.93. The molecule has 2 aromatic rings. The van der Waals surface area contributed by atoms with E-state index in [0.29, 0.717) is 13.0 Å². The number of hydrogen-bond acceptors (Lipinski definition) is 3. The van der Waals surface area contributed by atoms with Gasteiger partial charge < -0.3 is 16.0 Å². The van der Waals surface area contributed by atoms with Gasteiger partial charge in [-0.3, -0.25) is 9.59 Å². The largest absolute Gasteiger partial charge is 0.325 e. The molecule has 29 heavy (non-hydrogen) atoms. The minimum absolute atomic E-state index is 0.0162. The van der Waals surface area contributed by atoms with Crippen molar-refractivity contribution in [3.05, 3.63) is 57.2 Å². The predicted octanol–water partition coefficient (Wildman–Crippen LogP) is 4.07. The van der Waals surface area contributed by atoms with Crippen LogP contribution in [0.15, 0.2) is 42.5 Å². The molecule has 1 saturated heterocycles. The third-order valence-electron chi connectivity index (χ3n) is 5.65. The molecule has 0 saturated carbocycles. The number of carbonyl (C=O) groups is 2. The van der Waals surface area contributed by atoms with Gasteiger partial charge in [0.1, 0.15) is 0 Å². The number of halogens is 1. The van der Waals surface area contributed by atoms with E-state index in [1.165, 1.54) is 5.56 Å². The smallest absolute Gasteiger partial charge is 0.241 e. The number of amides is 2. The first-order valence-electron chi connectivity index (χ1n) is 9.91. The lowest BCUT2D eigenvalue weighted by molar-refractivity contribution is -0.120. The van der Waals surface area contributed by atoms with Crippen molar-refractivity contribution < 1.29 is 9.59 Å². The van der Waals surface area contributed by atoms with E-state index < -0.39 is 11.5 Å². The molecule has 0 aromatic heterocycles. The lowest BCUT2D eigenvalue weighted by Gasteiger charge is -2.23. The molecule has 5 nitrogen and oxygen atoms in total. The molecular weight excluding hydrogens is 477 g/mol. The molecule has 2 atom stereocenters. The van der Waals surface area contributed by atoms with Crippen LogP contribution in [0.4, 0.5) is 11.4 Å². The molecule has 152 valence electrons. The fraction of sp³-hybridized carbons (Fsp3) is 0.391. The van der Waals surface area contributed by atoms with E-state index in [9.17, 15) is 9.59 Å². The molecule has 1 spiro atoms. The molecule has 0 radical (unpaired) electrons. The lowest BCUT2D eigenvalue weighted by Crippen LogP contribution is -2.36. The topological polar surface area (TPSA) is 70.2 Å². The quantitative estimate of drug-likeness (QED) is 0.554. The molecule has 2 unspecified atom stereocenters. The highest BCUT2D eigenvalue weighted by molar-refractivity contribution is 14.1. The van der Waals surface area contributed by atoms with Gasteiger partial charge in [-0.15, -0.1) is 0 Å². The predicted molar refractivity (Wildman–Crippen MR) is 124 cm³/mol. The van der Waals surface area contributed by atoms with Crippen molar-refractivity contribution in [2.75, 3.05) is 17.2 Å². The van der Waals surface area contributed by atoms with Gasteiger partial charge in [-0.2, -0.15) is 0 Å². The molecule has 0 aliphatic carbocycles. The number of benzene rings is 2. The molecule has 2 amide bonds. The van der Waals surface area contributed by atoms with E-state index in [2.05, 4.69) is 71.4 Å². The zero-order chi connectivity index (χ0) is 20.8. The summed E-state index contributed by atoms with van der Waals surface area (Å²) in [6.07, 6.45) is 1.40. The summed E-state index contributed by atoms with van der Waals surface area (Å²) < 4.78 is 1.11. The van der Waals surface area contributed by atoms with Crippen molar-refractivity contribution in [2.45, 2.75) is 45.1 Å². The van der Waals surface area contributed by atoms with Gasteiger partial charge in [0.05, 0.1) is 11.5 Å². The van der Waals surface area contributed by atoms with Crippen LogP contribution < -0.4 is 16.0 Å². The summed E-state index contributed by atoms with van der Waals surface area (Å²) in [7, 11) is 0. The molecular formula is C23H26IN3O2. The Balaban J connectivity index is 1.55. The van der Waals surface area contributed by atoms with Crippen LogP contribution in [-0.2, 0) is 21.4 Å². The number of nitrogens with one attached hydrogen (secondary N) is 3. The van der Waals surface area contributed by atoms with Crippen LogP contribution in [0, 0.1) is 8.99 Å². The average Bonchev–Trinajstić information content (AvgIpc) is 3.20. The third kappa shape index (κ3) is 4.05. The van der Waals surface area contributed by atoms with Crippen LogP contribution in [0.5, 0.6) is 0 Å². The highest BCUT2D eigenvalue weighted by Crippen LogP contribution is 2.44. The SMILES string of the molecule is CC(C)(C)Cc1ccc2c(c1)C1(CNC(C(=O)Nc3ccc(I)cc3)C1)C(=O)N2. The molecule has 6 heteroatoms. The van der Waals surface area contributed by atoms with E-state index in [0.717, 1.165) is 26.9 Å². The normalized spacial score (nSPS) is 23.2. The summed E-state index contributed by atoms with van der Waals surface area (Å²) in [4.78, 5) is 25.7. The fourth-order valence-electron chi connectivity index (χ4n) is 4.30. The highest BCUT2D eigenvalue weighted by Gasteiger charge is 2.53. The molecule has 2 heterocycles. The maximum absolute atomic E-state index is 12.9. The summed E-state index contributed by atoms with van der Waals surface area (Å²) in [6, 6.07) is 13.5. The van der Waals surface area contributed by atoms with Crippen molar-refractivity contribution in [2.24, 2.45) is 5.41 Å². The van der Waals surface area contributed by atoms with Crippen molar-refractivity contribution >= 4 is 45.8 Å². The zero-order valence-electron chi connectivity index (χ0n) is 16.9.